The zero-order valence-electron chi connectivity index (χ0n) is 21.6. The third kappa shape index (κ3) is 8.95. The van der Waals surface area contributed by atoms with Crippen LogP contribution in [0.25, 0.3) is 0 Å². The fourth-order valence-corrected chi connectivity index (χ4v) is 3.99. The van der Waals surface area contributed by atoms with Crippen molar-refractivity contribution >= 4 is 11.9 Å². The molecular weight excluding hydrogens is 470 g/mol. The first-order chi connectivity index (χ1) is 18.0. The molecule has 7 nitrogen and oxygen atoms in total. The van der Waals surface area contributed by atoms with Gasteiger partial charge in [-0.05, 0) is 61.7 Å². The second kappa shape index (κ2) is 14.7. The molecule has 0 aliphatic heterocycles. The van der Waals surface area contributed by atoms with E-state index in [9.17, 15) is 9.59 Å². The highest BCUT2D eigenvalue weighted by molar-refractivity contribution is 5.71. The molecule has 37 heavy (non-hydrogen) atoms. The molecule has 0 fully saturated rings. The molecule has 1 atom stereocenters. The predicted octanol–water partition coefficient (Wildman–Crippen LogP) is 4.88. The maximum atomic E-state index is 11.6. The summed E-state index contributed by atoms with van der Waals surface area (Å²) < 4.78 is 21.0. The monoisotopic (exact) mass is 505 g/mol. The van der Waals surface area contributed by atoms with Gasteiger partial charge in [-0.15, -0.1) is 0 Å². The number of esters is 2. The Bertz CT molecular complexity index is 1030. The lowest BCUT2D eigenvalue weighted by Crippen LogP contribution is -2.32. The minimum absolute atomic E-state index is 0.0296. The first-order valence-corrected chi connectivity index (χ1v) is 12.5. The minimum Gasteiger partial charge on any atom is -0.482 e. The van der Waals surface area contributed by atoms with Gasteiger partial charge in [0.25, 0.3) is 0 Å². The van der Waals surface area contributed by atoms with Gasteiger partial charge in [-0.1, -0.05) is 54.6 Å². The van der Waals surface area contributed by atoms with Crippen LogP contribution in [0.1, 0.15) is 43.4 Å². The third-order valence-electron chi connectivity index (χ3n) is 5.77. The first-order valence-electron chi connectivity index (χ1n) is 12.5. The molecule has 0 aliphatic rings. The predicted molar refractivity (Wildman–Crippen MR) is 142 cm³/mol. The second-order valence-electron chi connectivity index (χ2n) is 8.46. The Labute approximate surface area is 218 Å². The van der Waals surface area contributed by atoms with Gasteiger partial charge >= 0.3 is 11.9 Å². The van der Waals surface area contributed by atoms with Crippen molar-refractivity contribution in [1.82, 2.24) is 5.32 Å². The SMILES string of the molecule is CCOC(=O)COc1ccc(C(c2ccc(OCC(=O)OCC)cc2)C(C)NCc2ccccc2)cc1. The largest absolute Gasteiger partial charge is 0.482 e. The van der Waals surface area contributed by atoms with Gasteiger partial charge in [0.1, 0.15) is 11.5 Å². The van der Waals surface area contributed by atoms with Crippen LogP contribution in [0.3, 0.4) is 0 Å². The van der Waals surface area contributed by atoms with Crippen molar-refractivity contribution in [2.75, 3.05) is 26.4 Å². The van der Waals surface area contributed by atoms with Crippen molar-refractivity contribution in [1.29, 1.82) is 0 Å². The number of nitrogens with one attached hydrogen (secondary N) is 1. The maximum absolute atomic E-state index is 11.6. The van der Waals surface area contributed by atoms with E-state index >= 15 is 0 Å². The Hall–Kier alpha value is -3.84. The van der Waals surface area contributed by atoms with Crippen LogP contribution in [-0.2, 0) is 25.6 Å². The molecule has 0 aliphatic carbocycles. The van der Waals surface area contributed by atoms with E-state index in [1.54, 1.807) is 13.8 Å². The van der Waals surface area contributed by atoms with E-state index in [1.165, 1.54) is 5.56 Å². The summed E-state index contributed by atoms with van der Waals surface area (Å²) in [5.74, 6) is 0.440. The highest BCUT2D eigenvalue weighted by Gasteiger charge is 2.22. The van der Waals surface area contributed by atoms with Crippen molar-refractivity contribution in [2.45, 2.75) is 39.3 Å². The van der Waals surface area contributed by atoms with E-state index in [4.69, 9.17) is 18.9 Å². The standard InChI is InChI=1S/C30H35NO6/c1-4-34-28(32)20-36-26-15-11-24(12-16-26)30(22(3)31-19-23-9-7-6-8-10-23)25-13-17-27(18-14-25)37-21-29(33)35-5-2/h6-18,22,30-31H,4-5,19-21H2,1-3H3. The Kier molecular flexibility index (Phi) is 11.0. The number of hydrogen-bond acceptors (Lipinski definition) is 7. The van der Waals surface area contributed by atoms with Gasteiger partial charge in [0.05, 0.1) is 13.2 Å². The zero-order valence-corrected chi connectivity index (χ0v) is 21.6. The maximum Gasteiger partial charge on any atom is 0.344 e. The van der Waals surface area contributed by atoms with Crippen molar-refractivity contribution in [2.24, 2.45) is 0 Å². The molecule has 0 bridgehead atoms. The van der Waals surface area contributed by atoms with E-state index in [2.05, 4.69) is 24.4 Å². The van der Waals surface area contributed by atoms with Gasteiger partial charge in [-0.2, -0.15) is 0 Å². The summed E-state index contributed by atoms with van der Waals surface area (Å²) in [4.78, 5) is 23.2. The van der Waals surface area contributed by atoms with E-state index in [0.717, 1.165) is 17.7 Å². The number of benzene rings is 3. The van der Waals surface area contributed by atoms with E-state index in [0.29, 0.717) is 24.7 Å². The number of carbonyl (C=O) groups excluding carboxylic acids is 2. The van der Waals surface area contributed by atoms with Crippen LogP contribution in [0, 0.1) is 0 Å². The summed E-state index contributed by atoms with van der Waals surface area (Å²) in [6.07, 6.45) is 0. The molecule has 3 rings (SSSR count). The molecule has 0 aromatic heterocycles. The van der Waals surface area contributed by atoms with E-state index in [-0.39, 0.29) is 25.2 Å². The smallest absolute Gasteiger partial charge is 0.344 e. The topological polar surface area (TPSA) is 83.1 Å². The number of carbonyl (C=O) groups is 2. The quantitative estimate of drug-likeness (QED) is 0.313. The third-order valence-corrected chi connectivity index (χ3v) is 5.77. The van der Waals surface area contributed by atoms with Gasteiger partial charge in [0.2, 0.25) is 0 Å². The minimum atomic E-state index is -0.395. The summed E-state index contributed by atoms with van der Waals surface area (Å²) in [6, 6.07) is 25.9. The van der Waals surface area contributed by atoms with Gasteiger partial charge in [-0.3, -0.25) is 0 Å². The average Bonchev–Trinajstić information content (AvgIpc) is 2.92. The molecule has 3 aromatic carbocycles. The summed E-state index contributed by atoms with van der Waals surface area (Å²) in [5, 5.41) is 3.65. The summed E-state index contributed by atoms with van der Waals surface area (Å²) in [5.41, 5.74) is 3.40. The molecule has 0 saturated carbocycles. The van der Waals surface area contributed by atoms with Gasteiger partial charge in [0, 0.05) is 18.5 Å². The molecular formula is C30H35NO6. The van der Waals surface area contributed by atoms with Crippen LogP contribution in [-0.4, -0.2) is 44.4 Å². The van der Waals surface area contributed by atoms with Crippen LogP contribution in [0.2, 0.25) is 0 Å². The lowest BCUT2D eigenvalue weighted by Gasteiger charge is -2.27. The fourth-order valence-electron chi connectivity index (χ4n) is 3.99. The zero-order chi connectivity index (χ0) is 26.5. The molecule has 196 valence electrons. The van der Waals surface area contributed by atoms with Crippen LogP contribution in [0.5, 0.6) is 11.5 Å². The highest BCUT2D eigenvalue weighted by Crippen LogP contribution is 2.31. The Morgan fingerprint density at radius 1 is 0.703 bits per heavy atom. The molecule has 0 radical (unpaired) electrons. The Balaban J connectivity index is 1.75. The lowest BCUT2D eigenvalue weighted by molar-refractivity contribution is -0.146. The van der Waals surface area contributed by atoms with Crippen LogP contribution < -0.4 is 14.8 Å². The van der Waals surface area contributed by atoms with Crippen molar-refractivity contribution in [3.63, 3.8) is 0 Å². The molecule has 0 amide bonds. The van der Waals surface area contributed by atoms with Gasteiger partial charge in [-0.25, -0.2) is 9.59 Å². The van der Waals surface area contributed by atoms with Crippen molar-refractivity contribution in [3.8, 4) is 11.5 Å². The van der Waals surface area contributed by atoms with Crippen LogP contribution in [0.4, 0.5) is 0 Å². The number of rotatable bonds is 14. The fraction of sp³-hybridized carbons (Fsp3) is 0.333. The Morgan fingerprint density at radius 3 is 1.59 bits per heavy atom. The lowest BCUT2D eigenvalue weighted by atomic mass is 9.85. The summed E-state index contributed by atoms with van der Waals surface area (Å²) >= 11 is 0. The van der Waals surface area contributed by atoms with Gasteiger partial charge < -0.3 is 24.3 Å². The van der Waals surface area contributed by atoms with Crippen molar-refractivity contribution < 1.29 is 28.5 Å². The van der Waals surface area contributed by atoms with E-state index in [1.807, 2.05) is 66.7 Å². The summed E-state index contributed by atoms with van der Waals surface area (Å²) in [6.45, 7) is 6.81. The van der Waals surface area contributed by atoms with Crippen LogP contribution in [0.15, 0.2) is 78.9 Å². The molecule has 7 heteroatoms. The highest BCUT2D eigenvalue weighted by atomic mass is 16.6. The number of ether oxygens (including phenoxy) is 4. The molecule has 3 aromatic rings. The van der Waals surface area contributed by atoms with Gasteiger partial charge in [0.15, 0.2) is 13.2 Å². The molecule has 0 saturated heterocycles. The average molecular weight is 506 g/mol. The normalized spacial score (nSPS) is 11.6. The van der Waals surface area contributed by atoms with Crippen molar-refractivity contribution in [3.05, 3.63) is 95.6 Å². The van der Waals surface area contributed by atoms with Crippen LogP contribution >= 0.6 is 0 Å². The Morgan fingerprint density at radius 2 is 1.16 bits per heavy atom. The molecule has 1 unspecified atom stereocenters. The summed E-state index contributed by atoms with van der Waals surface area (Å²) in [7, 11) is 0. The second-order valence-corrected chi connectivity index (χ2v) is 8.46. The molecule has 0 spiro atoms. The molecule has 0 heterocycles. The first kappa shape index (κ1) is 27.7. The molecule has 1 N–H and O–H groups in total. The van der Waals surface area contributed by atoms with E-state index < -0.39 is 11.9 Å². The number of hydrogen-bond donors (Lipinski definition) is 1.